The van der Waals surface area contributed by atoms with E-state index >= 15 is 0 Å². The minimum atomic E-state index is -0.440. The van der Waals surface area contributed by atoms with Crippen LogP contribution in [0.5, 0.6) is 0 Å². The van der Waals surface area contributed by atoms with Crippen molar-refractivity contribution in [3.8, 4) is 0 Å². The van der Waals surface area contributed by atoms with E-state index in [0.29, 0.717) is 0 Å². The van der Waals surface area contributed by atoms with Gasteiger partial charge in [0.2, 0.25) is 0 Å². The molecule has 0 fully saturated rings. The zero-order chi connectivity index (χ0) is 9.84. The molecule has 0 aliphatic carbocycles. The maximum absolute atomic E-state index is 10.9. The van der Waals surface area contributed by atoms with Gasteiger partial charge in [0, 0.05) is 5.69 Å². The summed E-state index contributed by atoms with van der Waals surface area (Å²) in [6.07, 6.45) is -0.440. The van der Waals surface area contributed by atoms with Gasteiger partial charge in [-0.3, -0.25) is 5.32 Å². The lowest BCUT2D eigenvalue weighted by Gasteiger charge is -2.05. The average molecular weight is 179 g/mol. The van der Waals surface area contributed by atoms with Crippen molar-refractivity contribution >= 4 is 11.8 Å². The fraction of sp³-hybridized carbons (Fsp3) is 0.300. The van der Waals surface area contributed by atoms with Crippen LogP contribution in [0.1, 0.15) is 11.1 Å². The second-order valence-electron chi connectivity index (χ2n) is 2.99. The molecule has 1 aromatic rings. The highest BCUT2D eigenvalue weighted by atomic mass is 16.5. The van der Waals surface area contributed by atoms with Crippen LogP contribution in [-0.2, 0) is 4.74 Å². The Balaban J connectivity index is 2.83. The van der Waals surface area contributed by atoms with Crippen molar-refractivity contribution in [2.24, 2.45) is 0 Å². The zero-order valence-electron chi connectivity index (χ0n) is 8.05. The molecule has 0 saturated heterocycles. The van der Waals surface area contributed by atoms with Crippen molar-refractivity contribution in [2.45, 2.75) is 13.8 Å². The van der Waals surface area contributed by atoms with E-state index < -0.39 is 6.09 Å². The monoisotopic (exact) mass is 179 g/mol. The summed E-state index contributed by atoms with van der Waals surface area (Å²) in [5.41, 5.74) is 3.00. The molecule has 0 spiro atoms. The topological polar surface area (TPSA) is 38.3 Å². The molecule has 3 nitrogen and oxygen atoms in total. The summed E-state index contributed by atoms with van der Waals surface area (Å²) in [4.78, 5) is 10.9. The van der Waals surface area contributed by atoms with Crippen LogP contribution in [0, 0.1) is 13.8 Å². The molecule has 0 radical (unpaired) electrons. The fourth-order valence-electron chi connectivity index (χ4n) is 1.22. The van der Waals surface area contributed by atoms with Gasteiger partial charge in [-0.1, -0.05) is 6.07 Å². The van der Waals surface area contributed by atoms with Crippen molar-refractivity contribution in [3.63, 3.8) is 0 Å². The number of hydrogen-bond acceptors (Lipinski definition) is 2. The van der Waals surface area contributed by atoms with Crippen LogP contribution in [0.25, 0.3) is 0 Å². The molecule has 13 heavy (non-hydrogen) atoms. The molecule has 1 N–H and O–H groups in total. The summed E-state index contributed by atoms with van der Waals surface area (Å²) in [5, 5.41) is 2.61. The standard InChI is InChI=1S/C10H13NO2/c1-7-4-8(2)6-9(5-7)11-10(12)13-3/h4-6H,1-3H3,(H,11,12). The Morgan fingerprint density at radius 3 is 2.23 bits per heavy atom. The van der Waals surface area contributed by atoms with Crippen LogP contribution < -0.4 is 5.32 Å². The minimum Gasteiger partial charge on any atom is -0.453 e. The van der Waals surface area contributed by atoms with Gasteiger partial charge in [0.25, 0.3) is 0 Å². The largest absolute Gasteiger partial charge is 0.453 e. The van der Waals surface area contributed by atoms with Gasteiger partial charge in [-0.2, -0.15) is 0 Å². The summed E-state index contributed by atoms with van der Waals surface area (Å²) in [6, 6.07) is 5.83. The predicted octanol–water partition coefficient (Wildman–Crippen LogP) is 2.48. The minimum absolute atomic E-state index is 0.440. The smallest absolute Gasteiger partial charge is 0.411 e. The second-order valence-corrected chi connectivity index (χ2v) is 2.99. The number of rotatable bonds is 1. The van der Waals surface area contributed by atoms with Crippen LogP contribution in [-0.4, -0.2) is 13.2 Å². The lowest BCUT2D eigenvalue weighted by molar-refractivity contribution is 0.187. The lowest BCUT2D eigenvalue weighted by Crippen LogP contribution is -2.10. The Kier molecular flexibility index (Phi) is 2.90. The summed E-state index contributed by atoms with van der Waals surface area (Å²) in [6.45, 7) is 3.96. The maximum atomic E-state index is 10.9. The molecule has 1 amide bonds. The molecule has 1 rings (SSSR count). The Morgan fingerprint density at radius 1 is 1.23 bits per heavy atom. The van der Waals surface area contributed by atoms with Crippen molar-refractivity contribution in [1.29, 1.82) is 0 Å². The Labute approximate surface area is 77.7 Å². The normalized spacial score (nSPS) is 9.46. The van der Waals surface area contributed by atoms with Gasteiger partial charge >= 0.3 is 6.09 Å². The number of nitrogens with one attached hydrogen (secondary N) is 1. The molecule has 0 aliphatic rings. The average Bonchev–Trinajstić information content (AvgIpc) is 2.02. The molecule has 3 heteroatoms. The molecule has 0 saturated carbocycles. The van der Waals surface area contributed by atoms with E-state index in [4.69, 9.17) is 0 Å². The third kappa shape index (κ3) is 2.78. The van der Waals surface area contributed by atoms with Gasteiger partial charge in [0.05, 0.1) is 7.11 Å². The quantitative estimate of drug-likeness (QED) is 0.719. The molecule has 0 heterocycles. The first-order valence-electron chi connectivity index (χ1n) is 4.05. The Hall–Kier alpha value is -1.51. The Bertz CT molecular complexity index is 300. The SMILES string of the molecule is COC(=O)Nc1cc(C)cc(C)c1. The van der Waals surface area contributed by atoms with Crippen molar-refractivity contribution < 1.29 is 9.53 Å². The van der Waals surface area contributed by atoms with Crippen molar-refractivity contribution in [3.05, 3.63) is 29.3 Å². The number of benzene rings is 1. The Morgan fingerprint density at radius 2 is 1.77 bits per heavy atom. The third-order valence-electron chi connectivity index (χ3n) is 1.65. The summed E-state index contributed by atoms with van der Waals surface area (Å²) >= 11 is 0. The fourth-order valence-corrected chi connectivity index (χ4v) is 1.22. The second kappa shape index (κ2) is 3.94. The van der Waals surface area contributed by atoms with Gasteiger partial charge in [-0.15, -0.1) is 0 Å². The van der Waals surface area contributed by atoms with E-state index in [0.717, 1.165) is 16.8 Å². The molecule has 0 unspecified atom stereocenters. The van der Waals surface area contributed by atoms with Gasteiger partial charge in [-0.25, -0.2) is 4.79 Å². The van der Waals surface area contributed by atoms with Crippen molar-refractivity contribution in [1.82, 2.24) is 0 Å². The predicted molar refractivity (Wildman–Crippen MR) is 51.9 cm³/mol. The number of carbonyl (C=O) groups excluding carboxylic acids is 1. The van der Waals surface area contributed by atoms with Crippen LogP contribution in [0.2, 0.25) is 0 Å². The molecule has 0 aromatic heterocycles. The number of hydrogen-bond donors (Lipinski definition) is 1. The number of anilines is 1. The molecule has 1 aromatic carbocycles. The van der Waals surface area contributed by atoms with Crippen LogP contribution in [0.3, 0.4) is 0 Å². The maximum Gasteiger partial charge on any atom is 0.411 e. The highest BCUT2D eigenvalue weighted by molar-refractivity contribution is 5.84. The zero-order valence-corrected chi connectivity index (χ0v) is 8.05. The van der Waals surface area contributed by atoms with E-state index in [9.17, 15) is 4.79 Å². The van der Waals surface area contributed by atoms with Gasteiger partial charge in [0.1, 0.15) is 0 Å². The molecule has 0 atom stereocenters. The van der Waals surface area contributed by atoms with Crippen LogP contribution in [0.4, 0.5) is 10.5 Å². The number of ether oxygens (including phenoxy) is 1. The number of amides is 1. The number of methoxy groups -OCH3 is 1. The van der Waals surface area contributed by atoms with Crippen LogP contribution in [0.15, 0.2) is 18.2 Å². The van der Waals surface area contributed by atoms with Crippen molar-refractivity contribution in [2.75, 3.05) is 12.4 Å². The molecule has 70 valence electrons. The van der Waals surface area contributed by atoms with E-state index in [-0.39, 0.29) is 0 Å². The van der Waals surface area contributed by atoms with E-state index in [2.05, 4.69) is 10.1 Å². The van der Waals surface area contributed by atoms with E-state index in [1.807, 2.05) is 32.0 Å². The molecule has 0 bridgehead atoms. The third-order valence-corrected chi connectivity index (χ3v) is 1.65. The van der Waals surface area contributed by atoms with Gasteiger partial charge in [0.15, 0.2) is 0 Å². The number of aryl methyl sites for hydroxylation is 2. The highest BCUT2D eigenvalue weighted by Crippen LogP contribution is 2.13. The number of carbonyl (C=O) groups is 1. The van der Waals surface area contributed by atoms with Crippen LogP contribution >= 0.6 is 0 Å². The first-order chi connectivity index (χ1) is 6.11. The summed E-state index contributed by atoms with van der Waals surface area (Å²) < 4.78 is 4.48. The highest BCUT2D eigenvalue weighted by Gasteiger charge is 2.00. The first-order valence-corrected chi connectivity index (χ1v) is 4.05. The van der Waals surface area contributed by atoms with E-state index in [1.165, 1.54) is 7.11 Å². The van der Waals surface area contributed by atoms with Gasteiger partial charge < -0.3 is 4.74 Å². The molecular formula is C10H13NO2. The first kappa shape index (κ1) is 9.58. The molecule has 0 aliphatic heterocycles. The lowest BCUT2D eigenvalue weighted by atomic mass is 10.1. The van der Waals surface area contributed by atoms with Gasteiger partial charge in [-0.05, 0) is 37.1 Å². The van der Waals surface area contributed by atoms with E-state index in [1.54, 1.807) is 0 Å². The summed E-state index contributed by atoms with van der Waals surface area (Å²) in [7, 11) is 1.35. The molecular weight excluding hydrogens is 166 g/mol. The summed E-state index contributed by atoms with van der Waals surface area (Å²) in [5.74, 6) is 0.